The normalized spacial score (nSPS) is 24.7. The first-order chi connectivity index (χ1) is 16.4. The summed E-state index contributed by atoms with van der Waals surface area (Å²) < 4.78 is 6.61. The molecule has 2 N–H and O–H groups in total. The highest BCUT2D eigenvalue weighted by Crippen LogP contribution is 2.36. The third kappa shape index (κ3) is 5.92. The molecule has 188 valence electrons. The van der Waals surface area contributed by atoms with Crippen LogP contribution in [0.1, 0.15) is 69.2 Å². The number of nitrogens with zero attached hydrogens (tertiary/aromatic N) is 2. The predicted molar refractivity (Wildman–Crippen MR) is 133 cm³/mol. The Morgan fingerprint density at radius 1 is 1.21 bits per heavy atom. The van der Waals surface area contributed by atoms with E-state index in [1.165, 1.54) is 19.3 Å². The first-order valence-electron chi connectivity index (χ1n) is 13.1. The molecule has 3 atom stereocenters. The van der Waals surface area contributed by atoms with Gasteiger partial charge in [0.05, 0.1) is 23.9 Å². The molecular formula is C27H41N3O4. The average Bonchev–Trinajstić information content (AvgIpc) is 3.65. The van der Waals surface area contributed by atoms with E-state index in [9.17, 15) is 14.7 Å². The lowest BCUT2D eigenvalue weighted by atomic mass is 9.88. The molecule has 0 aromatic heterocycles. The SMILES string of the molecule is C[C@H]1CN([C@@H](C)CO)C(=O)c2cccc(NC(=O)C3CCCCC3)c2O[C@@H]1CN(C)CC1CC1. The Labute approximate surface area is 203 Å². The van der Waals surface area contributed by atoms with Gasteiger partial charge in [0, 0.05) is 31.5 Å². The summed E-state index contributed by atoms with van der Waals surface area (Å²) in [6.07, 6.45) is 7.62. The quantitative estimate of drug-likeness (QED) is 0.603. The van der Waals surface area contributed by atoms with Crippen LogP contribution in [0.4, 0.5) is 5.69 Å². The van der Waals surface area contributed by atoms with Crippen LogP contribution in [0.15, 0.2) is 18.2 Å². The zero-order valence-corrected chi connectivity index (χ0v) is 21.0. The van der Waals surface area contributed by atoms with Gasteiger partial charge in [0.1, 0.15) is 6.10 Å². The summed E-state index contributed by atoms with van der Waals surface area (Å²) >= 11 is 0. The van der Waals surface area contributed by atoms with Crippen LogP contribution in [0.5, 0.6) is 5.75 Å². The topological polar surface area (TPSA) is 82.1 Å². The molecule has 2 amide bonds. The molecule has 2 aliphatic carbocycles. The van der Waals surface area contributed by atoms with Crippen LogP contribution in [0.3, 0.4) is 0 Å². The first kappa shape index (κ1) is 25.0. The Hall–Kier alpha value is -2.12. The number of fused-ring (bicyclic) bond motifs is 1. The number of rotatable bonds is 8. The van der Waals surface area contributed by atoms with Crippen LogP contribution in [-0.2, 0) is 4.79 Å². The molecule has 2 fully saturated rings. The van der Waals surface area contributed by atoms with Crippen LogP contribution < -0.4 is 10.1 Å². The van der Waals surface area contributed by atoms with E-state index in [2.05, 4.69) is 24.2 Å². The van der Waals surface area contributed by atoms with E-state index in [0.29, 0.717) is 23.5 Å². The van der Waals surface area contributed by atoms with Crippen molar-refractivity contribution in [3.05, 3.63) is 23.8 Å². The fourth-order valence-electron chi connectivity index (χ4n) is 5.28. The Kier molecular flexibility index (Phi) is 8.14. The van der Waals surface area contributed by atoms with Gasteiger partial charge < -0.3 is 25.0 Å². The third-order valence-corrected chi connectivity index (χ3v) is 7.68. The molecule has 34 heavy (non-hydrogen) atoms. The van der Waals surface area contributed by atoms with Crippen LogP contribution in [-0.4, -0.2) is 72.2 Å². The second-order valence-corrected chi connectivity index (χ2v) is 10.8. The fourth-order valence-corrected chi connectivity index (χ4v) is 5.28. The molecule has 3 aliphatic rings. The summed E-state index contributed by atoms with van der Waals surface area (Å²) in [4.78, 5) is 30.7. The Balaban J connectivity index is 1.64. The Morgan fingerprint density at radius 2 is 1.94 bits per heavy atom. The van der Waals surface area contributed by atoms with Gasteiger partial charge >= 0.3 is 0 Å². The molecule has 0 unspecified atom stereocenters. The maximum atomic E-state index is 13.6. The zero-order chi connectivity index (χ0) is 24.2. The van der Waals surface area contributed by atoms with Crippen LogP contribution in [0, 0.1) is 17.8 Å². The second-order valence-electron chi connectivity index (χ2n) is 10.8. The van der Waals surface area contributed by atoms with E-state index in [1.54, 1.807) is 17.0 Å². The number of carbonyl (C=O) groups excluding carboxylic acids is 2. The molecule has 1 aliphatic heterocycles. The second kappa shape index (κ2) is 11.1. The number of hydrogen-bond acceptors (Lipinski definition) is 5. The van der Waals surface area contributed by atoms with Crippen molar-refractivity contribution in [3.63, 3.8) is 0 Å². The molecule has 0 radical (unpaired) electrons. The van der Waals surface area contributed by atoms with E-state index in [0.717, 1.165) is 44.7 Å². The molecule has 0 bridgehead atoms. The number of likely N-dealkylation sites (N-methyl/N-ethyl adjacent to an activating group) is 1. The largest absolute Gasteiger partial charge is 0.486 e. The van der Waals surface area contributed by atoms with Crippen molar-refractivity contribution in [2.45, 2.75) is 70.9 Å². The number of anilines is 1. The minimum atomic E-state index is -0.300. The van der Waals surface area contributed by atoms with Crippen molar-refractivity contribution < 1.29 is 19.4 Å². The van der Waals surface area contributed by atoms with Gasteiger partial charge in [0.2, 0.25) is 5.91 Å². The molecular weight excluding hydrogens is 430 g/mol. The summed E-state index contributed by atoms with van der Waals surface area (Å²) in [7, 11) is 2.13. The number of nitrogens with one attached hydrogen (secondary N) is 1. The summed E-state index contributed by atoms with van der Waals surface area (Å²) in [5.41, 5.74) is 1.02. The van der Waals surface area contributed by atoms with Crippen molar-refractivity contribution in [2.24, 2.45) is 17.8 Å². The van der Waals surface area contributed by atoms with Gasteiger partial charge in [-0.3, -0.25) is 9.59 Å². The van der Waals surface area contributed by atoms with Crippen molar-refractivity contribution >= 4 is 17.5 Å². The van der Waals surface area contributed by atoms with Crippen LogP contribution in [0.2, 0.25) is 0 Å². The minimum Gasteiger partial charge on any atom is -0.486 e. The number of para-hydroxylation sites is 1. The molecule has 0 saturated heterocycles. The molecule has 7 heteroatoms. The van der Waals surface area contributed by atoms with E-state index in [4.69, 9.17) is 4.74 Å². The van der Waals surface area contributed by atoms with Crippen molar-refractivity contribution in [1.29, 1.82) is 0 Å². The predicted octanol–water partition coefficient (Wildman–Crippen LogP) is 3.77. The number of carbonyl (C=O) groups is 2. The maximum Gasteiger partial charge on any atom is 0.258 e. The number of aliphatic hydroxyl groups is 1. The van der Waals surface area contributed by atoms with Gasteiger partial charge in [-0.15, -0.1) is 0 Å². The highest BCUT2D eigenvalue weighted by Gasteiger charge is 2.35. The summed E-state index contributed by atoms with van der Waals surface area (Å²) in [5.74, 6) is 1.17. The van der Waals surface area contributed by atoms with E-state index in [1.807, 2.05) is 13.0 Å². The van der Waals surface area contributed by atoms with E-state index < -0.39 is 0 Å². The monoisotopic (exact) mass is 471 g/mol. The molecule has 1 aromatic carbocycles. The summed E-state index contributed by atoms with van der Waals surface area (Å²) in [6, 6.07) is 5.11. The number of aliphatic hydroxyl groups excluding tert-OH is 1. The average molecular weight is 472 g/mol. The van der Waals surface area contributed by atoms with Crippen LogP contribution in [0.25, 0.3) is 0 Å². The molecule has 0 spiro atoms. The van der Waals surface area contributed by atoms with Crippen LogP contribution >= 0.6 is 0 Å². The number of hydrogen-bond donors (Lipinski definition) is 2. The molecule has 1 aromatic rings. The van der Waals surface area contributed by atoms with Gasteiger partial charge in [-0.05, 0) is 57.7 Å². The van der Waals surface area contributed by atoms with Gasteiger partial charge in [-0.25, -0.2) is 0 Å². The van der Waals surface area contributed by atoms with Crippen molar-refractivity contribution in [3.8, 4) is 5.75 Å². The molecule has 7 nitrogen and oxygen atoms in total. The number of ether oxygens (including phenoxy) is 1. The lowest BCUT2D eigenvalue weighted by molar-refractivity contribution is -0.120. The maximum absolute atomic E-state index is 13.6. The zero-order valence-electron chi connectivity index (χ0n) is 21.0. The van der Waals surface area contributed by atoms with Gasteiger partial charge in [0.25, 0.3) is 5.91 Å². The lowest BCUT2D eigenvalue weighted by Gasteiger charge is -2.38. The Morgan fingerprint density at radius 3 is 2.62 bits per heavy atom. The van der Waals surface area contributed by atoms with Crippen molar-refractivity contribution in [1.82, 2.24) is 9.80 Å². The summed E-state index contributed by atoms with van der Waals surface area (Å²) in [5, 5.41) is 12.9. The van der Waals surface area contributed by atoms with Crippen molar-refractivity contribution in [2.75, 3.05) is 38.6 Å². The first-order valence-corrected chi connectivity index (χ1v) is 13.1. The van der Waals surface area contributed by atoms with E-state index in [-0.39, 0.29) is 42.4 Å². The molecule has 2 saturated carbocycles. The number of amides is 2. The summed E-state index contributed by atoms with van der Waals surface area (Å²) in [6.45, 7) is 6.19. The van der Waals surface area contributed by atoms with Gasteiger partial charge in [-0.2, -0.15) is 0 Å². The standard InChI is InChI=1S/C27H41N3O4/c1-18-14-30(19(2)17-31)27(33)22-10-7-11-23(28-26(32)21-8-5-4-6-9-21)25(22)34-24(18)16-29(3)15-20-12-13-20/h7,10-11,18-21,24,31H,4-6,8-9,12-17H2,1-3H3,(H,28,32)/t18-,19-,24+/m0/s1. The molecule has 1 heterocycles. The molecule has 4 rings (SSSR count). The smallest absolute Gasteiger partial charge is 0.258 e. The van der Waals surface area contributed by atoms with Gasteiger partial charge in [-0.1, -0.05) is 32.3 Å². The third-order valence-electron chi connectivity index (χ3n) is 7.68. The van der Waals surface area contributed by atoms with E-state index >= 15 is 0 Å². The highest BCUT2D eigenvalue weighted by atomic mass is 16.5. The minimum absolute atomic E-state index is 0.0131. The highest BCUT2D eigenvalue weighted by molar-refractivity contribution is 6.02. The number of benzene rings is 1. The Bertz CT molecular complexity index is 865. The lowest BCUT2D eigenvalue weighted by Crippen LogP contribution is -2.50. The van der Waals surface area contributed by atoms with Gasteiger partial charge in [0.15, 0.2) is 5.75 Å². The fraction of sp³-hybridized carbons (Fsp3) is 0.704.